The van der Waals surface area contributed by atoms with Gasteiger partial charge in [-0.3, -0.25) is 9.59 Å². The Hall–Kier alpha value is -2.62. The number of hydrogen-bond donors (Lipinski definition) is 1. The van der Waals surface area contributed by atoms with Gasteiger partial charge in [-0.15, -0.1) is 0 Å². The van der Waals surface area contributed by atoms with Crippen molar-refractivity contribution in [3.8, 4) is 0 Å². The van der Waals surface area contributed by atoms with Gasteiger partial charge in [-0.1, -0.05) is 24.3 Å². The lowest BCUT2D eigenvalue weighted by atomic mass is 10.1. The van der Waals surface area contributed by atoms with E-state index in [9.17, 15) is 9.59 Å². The van der Waals surface area contributed by atoms with Crippen LogP contribution in [0.15, 0.2) is 42.5 Å². The molecular formula is C19H22N2O2. The molecule has 120 valence electrons. The van der Waals surface area contributed by atoms with Crippen molar-refractivity contribution in [2.75, 3.05) is 17.3 Å². The minimum Gasteiger partial charge on any atom is -0.326 e. The second-order valence-electron chi connectivity index (χ2n) is 5.72. The van der Waals surface area contributed by atoms with E-state index >= 15 is 0 Å². The van der Waals surface area contributed by atoms with Crippen LogP contribution in [0.25, 0.3) is 0 Å². The summed E-state index contributed by atoms with van der Waals surface area (Å²) in [6.45, 7) is 5.54. The highest BCUT2D eigenvalue weighted by Gasteiger charge is 2.09. The standard InChI is InChI=1S/C19H22N2O2/c1-13-6-5-7-18(14(13)2)20-19(23)12-16-8-10-17(11-9-16)21(4)15(3)22/h5-11H,12H2,1-4H3,(H,20,23). The predicted molar refractivity (Wildman–Crippen MR) is 93.8 cm³/mol. The number of aryl methyl sites for hydroxylation is 1. The van der Waals surface area contributed by atoms with Crippen LogP contribution in [0, 0.1) is 13.8 Å². The first-order valence-corrected chi connectivity index (χ1v) is 7.58. The molecule has 1 N–H and O–H groups in total. The lowest BCUT2D eigenvalue weighted by molar-refractivity contribution is -0.116. The zero-order valence-electron chi connectivity index (χ0n) is 14.0. The Bertz CT molecular complexity index is 721. The largest absolute Gasteiger partial charge is 0.326 e. The molecule has 2 rings (SSSR count). The van der Waals surface area contributed by atoms with Crippen LogP contribution in [0.5, 0.6) is 0 Å². The lowest BCUT2D eigenvalue weighted by Crippen LogP contribution is -2.22. The number of carbonyl (C=O) groups excluding carboxylic acids is 2. The first kappa shape index (κ1) is 16.7. The maximum atomic E-state index is 12.2. The highest BCUT2D eigenvalue weighted by molar-refractivity contribution is 5.93. The third-order valence-corrected chi connectivity index (χ3v) is 4.04. The fourth-order valence-corrected chi connectivity index (χ4v) is 2.29. The van der Waals surface area contributed by atoms with E-state index in [0.29, 0.717) is 6.42 Å². The molecule has 0 spiro atoms. The normalized spacial score (nSPS) is 10.3. The zero-order valence-corrected chi connectivity index (χ0v) is 14.0. The Balaban J connectivity index is 2.03. The third kappa shape index (κ3) is 4.19. The minimum atomic E-state index is -0.0497. The molecule has 4 nitrogen and oxygen atoms in total. The van der Waals surface area contributed by atoms with E-state index < -0.39 is 0 Å². The molecule has 0 aliphatic heterocycles. The Kier molecular flexibility index (Phi) is 5.16. The van der Waals surface area contributed by atoms with Gasteiger partial charge in [0.25, 0.3) is 0 Å². The fraction of sp³-hybridized carbons (Fsp3) is 0.263. The first-order chi connectivity index (χ1) is 10.9. The van der Waals surface area contributed by atoms with E-state index in [0.717, 1.165) is 28.1 Å². The van der Waals surface area contributed by atoms with E-state index in [1.165, 1.54) is 6.92 Å². The number of benzene rings is 2. The summed E-state index contributed by atoms with van der Waals surface area (Å²) in [6.07, 6.45) is 0.303. The summed E-state index contributed by atoms with van der Waals surface area (Å²) in [5, 5.41) is 2.95. The van der Waals surface area contributed by atoms with Gasteiger partial charge in [0.15, 0.2) is 0 Å². The van der Waals surface area contributed by atoms with Crippen molar-refractivity contribution in [1.82, 2.24) is 0 Å². The summed E-state index contributed by atoms with van der Waals surface area (Å²) in [5.74, 6) is -0.0724. The summed E-state index contributed by atoms with van der Waals surface area (Å²) in [4.78, 5) is 25.1. The number of amides is 2. The van der Waals surface area contributed by atoms with E-state index in [4.69, 9.17) is 0 Å². The Morgan fingerprint density at radius 1 is 1.04 bits per heavy atom. The van der Waals surface area contributed by atoms with Crippen LogP contribution < -0.4 is 10.2 Å². The van der Waals surface area contributed by atoms with Gasteiger partial charge in [-0.2, -0.15) is 0 Å². The van der Waals surface area contributed by atoms with E-state index in [1.54, 1.807) is 11.9 Å². The summed E-state index contributed by atoms with van der Waals surface area (Å²) < 4.78 is 0. The highest BCUT2D eigenvalue weighted by atomic mass is 16.2. The van der Waals surface area contributed by atoms with E-state index in [-0.39, 0.29) is 11.8 Å². The summed E-state index contributed by atoms with van der Waals surface area (Å²) >= 11 is 0. The highest BCUT2D eigenvalue weighted by Crippen LogP contribution is 2.19. The average Bonchev–Trinajstić information content (AvgIpc) is 2.52. The zero-order chi connectivity index (χ0) is 17.0. The molecule has 0 atom stereocenters. The molecule has 23 heavy (non-hydrogen) atoms. The van der Waals surface area contributed by atoms with Gasteiger partial charge >= 0.3 is 0 Å². The minimum absolute atomic E-state index is 0.0228. The quantitative estimate of drug-likeness (QED) is 0.940. The van der Waals surface area contributed by atoms with Crippen molar-refractivity contribution in [3.05, 3.63) is 59.2 Å². The molecule has 0 aliphatic carbocycles. The Morgan fingerprint density at radius 3 is 2.30 bits per heavy atom. The van der Waals surface area contributed by atoms with Gasteiger partial charge in [-0.05, 0) is 48.7 Å². The van der Waals surface area contributed by atoms with E-state index in [1.807, 2.05) is 56.3 Å². The summed E-state index contributed by atoms with van der Waals surface area (Å²) in [6, 6.07) is 13.3. The molecule has 0 unspecified atom stereocenters. The van der Waals surface area contributed by atoms with Gasteiger partial charge in [0.05, 0.1) is 6.42 Å². The molecule has 0 aliphatic rings. The van der Waals surface area contributed by atoms with Crippen LogP contribution in [-0.2, 0) is 16.0 Å². The Labute approximate surface area is 137 Å². The van der Waals surface area contributed by atoms with Crippen LogP contribution in [0.1, 0.15) is 23.6 Å². The monoisotopic (exact) mass is 310 g/mol. The molecule has 0 heterocycles. The average molecular weight is 310 g/mol. The smallest absolute Gasteiger partial charge is 0.228 e. The summed E-state index contributed by atoms with van der Waals surface area (Å²) in [7, 11) is 1.73. The van der Waals surface area contributed by atoms with Gasteiger partial charge in [0.2, 0.25) is 11.8 Å². The second-order valence-corrected chi connectivity index (χ2v) is 5.72. The van der Waals surface area contributed by atoms with Crippen LogP contribution >= 0.6 is 0 Å². The molecule has 2 amide bonds. The number of nitrogens with one attached hydrogen (secondary N) is 1. The molecule has 2 aromatic rings. The van der Waals surface area contributed by atoms with Gasteiger partial charge < -0.3 is 10.2 Å². The third-order valence-electron chi connectivity index (χ3n) is 4.04. The number of rotatable bonds is 4. The number of hydrogen-bond acceptors (Lipinski definition) is 2. The maximum Gasteiger partial charge on any atom is 0.228 e. The van der Waals surface area contributed by atoms with Crippen LogP contribution in [0.4, 0.5) is 11.4 Å². The topological polar surface area (TPSA) is 49.4 Å². The fourth-order valence-electron chi connectivity index (χ4n) is 2.29. The number of nitrogens with zero attached hydrogens (tertiary/aromatic N) is 1. The second kappa shape index (κ2) is 7.09. The number of anilines is 2. The lowest BCUT2D eigenvalue weighted by Gasteiger charge is -2.15. The van der Waals surface area contributed by atoms with Crippen molar-refractivity contribution < 1.29 is 9.59 Å². The predicted octanol–water partition coefficient (Wildman–Crippen LogP) is 3.47. The van der Waals surface area contributed by atoms with Crippen LogP contribution in [-0.4, -0.2) is 18.9 Å². The van der Waals surface area contributed by atoms with Crippen molar-refractivity contribution in [1.29, 1.82) is 0 Å². The van der Waals surface area contributed by atoms with Gasteiger partial charge in [0.1, 0.15) is 0 Å². The molecule has 0 radical (unpaired) electrons. The number of carbonyl (C=O) groups is 2. The van der Waals surface area contributed by atoms with Crippen molar-refractivity contribution in [2.24, 2.45) is 0 Å². The van der Waals surface area contributed by atoms with Crippen molar-refractivity contribution >= 4 is 23.2 Å². The van der Waals surface area contributed by atoms with Crippen molar-refractivity contribution in [2.45, 2.75) is 27.2 Å². The molecule has 0 fully saturated rings. The van der Waals surface area contributed by atoms with Crippen molar-refractivity contribution in [3.63, 3.8) is 0 Å². The molecule has 0 saturated carbocycles. The molecule has 0 aromatic heterocycles. The first-order valence-electron chi connectivity index (χ1n) is 7.58. The molecule has 0 bridgehead atoms. The molecule has 0 saturated heterocycles. The molecule has 2 aromatic carbocycles. The summed E-state index contributed by atoms with van der Waals surface area (Å²) in [5.41, 5.74) is 4.81. The van der Waals surface area contributed by atoms with E-state index in [2.05, 4.69) is 5.32 Å². The molecular weight excluding hydrogens is 288 g/mol. The van der Waals surface area contributed by atoms with Crippen LogP contribution in [0.2, 0.25) is 0 Å². The van der Waals surface area contributed by atoms with Gasteiger partial charge in [-0.25, -0.2) is 0 Å². The Morgan fingerprint density at radius 2 is 1.70 bits per heavy atom. The maximum absolute atomic E-state index is 12.2. The SMILES string of the molecule is CC(=O)N(C)c1ccc(CC(=O)Nc2cccc(C)c2C)cc1. The van der Waals surface area contributed by atoms with Gasteiger partial charge in [0, 0.05) is 25.3 Å². The van der Waals surface area contributed by atoms with Crippen LogP contribution in [0.3, 0.4) is 0 Å². The molecule has 4 heteroatoms.